The van der Waals surface area contributed by atoms with Crippen molar-refractivity contribution in [3.8, 4) is 5.75 Å². The van der Waals surface area contributed by atoms with Crippen LogP contribution in [-0.2, 0) is 10.0 Å². The highest BCUT2D eigenvalue weighted by Gasteiger charge is 2.29. The Balaban J connectivity index is 2.16. The van der Waals surface area contributed by atoms with Crippen LogP contribution >= 0.6 is 15.9 Å². The van der Waals surface area contributed by atoms with Crippen LogP contribution in [-0.4, -0.2) is 21.6 Å². The van der Waals surface area contributed by atoms with Crippen molar-refractivity contribution in [2.45, 2.75) is 30.7 Å². The van der Waals surface area contributed by atoms with Gasteiger partial charge in [0, 0.05) is 6.04 Å². The lowest BCUT2D eigenvalue weighted by molar-refractivity contribution is 0.270. The molecule has 1 saturated carbocycles. The van der Waals surface area contributed by atoms with Gasteiger partial charge in [0.2, 0.25) is 10.0 Å². The van der Waals surface area contributed by atoms with Crippen molar-refractivity contribution in [3.63, 3.8) is 0 Å². The monoisotopic (exact) mass is 333 g/mol. The number of benzene rings is 1. The van der Waals surface area contributed by atoms with E-state index in [-0.39, 0.29) is 10.9 Å². The van der Waals surface area contributed by atoms with E-state index >= 15 is 0 Å². The Morgan fingerprint density at radius 2 is 2.06 bits per heavy atom. The molecular formula is C12H16BrNO3S. The zero-order chi connectivity index (χ0) is 13.3. The third kappa shape index (κ3) is 2.87. The van der Waals surface area contributed by atoms with Gasteiger partial charge in [-0.1, -0.05) is 6.92 Å². The molecule has 1 aliphatic carbocycles. The number of sulfonamides is 1. The third-order valence-electron chi connectivity index (χ3n) is 3.13. The van der Waals surface area contributed by atoms with Crippen molar-refractivity contribution in [2.75, 3.05) is 7.11 Å². The van der Waals surface area contributed by atoms with E-state index in [9.17, 15) is 8.42 Å². The fourth-order valence-corrected chi connectivity index (χ4v) is 4.08. The average molecular weight is 334 g/mol. The highest BCUT2D eigenvalue weighted by Crippen LogP contribution is 2.30. The maximum absolute atomic E-state index is 12.1. The second-order valence-electron chi connectivity index (χ2n) is 4.69. The summed E-state index contributed by atoms with van der Waals surface area (Å²) in [5.74, 6) is 1.23. The van der Waals surface area contributed by atoms with E-state index in [0.29, 0.717) is 16.1 Å². The first-order chi connectivity index (χ1) is 8.42. The number of hydrogen-bond acceptors (Lipinski definition) is 3. The summed E-state index contributed by atoms with van der Waals surface area (Å²) in [5, 5.41) is 0. The van der Waals surface area contributed by atoms with Crippen LogP contribution in [0.1, 0.15) is 19.8 Å². The Hall–Kier alpha value is -0.590. The Morgan fingerprint density at radius 1 is 1.39 bits per heavy atom. The maximum atomic E-state index is 12.1. The van der Waals surface area contributed by atoms with E-state index in [1.54, 1.807) is 25.3 Å². The summed E-state index contributed by atoms with van der Waals surface area (Å²) in [4.78, 5) is 0.259. The normalized spacial score (nSPS) is 23.5. The van der Waals surface area contributed by atoms with Crippen LogP contribution in [0.3, 0.4) is 0 Å². The first-order valence-corrected chi connectivity index (χ1v) is 8.06. The highest BCUT2D eigenvalue weighted by atomic mass is 79.9. The van der Waals surface area contributed by atoms with E-state index in [1.807, 2.05) is 0 Å². The summed E-state index contributed by atoms with van der Waals surface area (Å²) in [5.41, 5.74) is 0. The van der Waals surface area contributed by atoms with Gasteiger partial charge in [-0.15, -0.1) is 0 Å². The van der Waals surface area contributed by atoms with Crippen molar-refractivity contribution in [1.29, 1.82) is 0 Å². The molecule has 1 aliphatic rings. The van der Waals surface area contributed by atoms with Gasteiger partial charge in [-0.3, -0.25) is 0 Å². The van der Waals surface area contributed by atoms with Crippen LogP contribution in [0.25, 0.3) is 0 Å². The fraction of sp³-hybridized carbons (Fsp3) is 0.500. The van der Waals surface area contributed by atoms with Crippen LogP contribution in [0.4, 0.5) is 0 Å². The highest BCUT2D eigenvalue weighted by molar-refractivity contribution is 9.10. The van der Waals surface area contributed by atoms with E-state index in [1.165, 1.54) is 0 Å². The molecule has 6 heteroatoms. The number of methoxy groups -OCH3 is 1. The molecular weight excluding hydrogens is 318 g/mol. The molecule has 0 saturated heterocycles. The molecule has 0 bridgehead atoms. The predicted molar refractivity (Wildman–Crippen MR) is 73.2 cm³/mol. The number of rotatable bonds is 4. The third-order valence-corrected chi connectivity index (χ3v) is 5.27. The first kappa shape index (κ1) is 13.8. The summed E-state index contributed by atoms with van der Waals surface area (Å²) >= 11 is 3.29. The quantitative estimate of drug-likeness (QED) is 0.921. The van der Waals surface area contributed by atoms with Crippen LogP contribution in [0.15, 0.2) is 27.6 Å². The van der Waals surface area contributed by atoms with Gasteiger partial charge in [0.1, 0.15) is 5.75 Å². The second kappa shape index (κ2) is 5.19. The second-order valence-corrected chi connectivity index (χ2v) is 7.26. The summed E-state index contributed by atoms with van der Waals surface area (Å²) in [6.45, 7) is 2.12. The molecule has 18 heavy (non-hydrogen) atoms. The van der Waals surface area contributed by atoms with E-state index in [0.717, 1.165) is 12.8 Å². The van der Waals surface area contributed by atoms with Gasteiger partial charge in [-0.2, -0.15) is 0 Å². The number of hydrogen-bond donors (Lipinski definition) is 1. The van der Waals surface area contributed by atoms with Gasteiger partial charge in [0.15, 0.2) is 0 Å². The van der Waals surface area contributed by atoms with Gasteiger partial charge < -0.3 is 4.74 Å². The van der Waals surface area contributed by atoms with Crippen molar-refractivity contribution < 1.29 is 13.2 Å². The molecule has 0 atom stereocenters. The largest absolute Gasteiger partial charge is 0.496 e. The van der Waals surface area contributed by atoms with Gasteiger partial charge in [0.25, 0.3) is 0 Å². The smallest absolute Gasteiger partial charge is 0.240 e. The Kier molecular flexibility index (Phi) is 3.99. The van der Waals surface area contributed by atoms with Gasteiger partial charge in [0.05, 0.1) is 16.5 Å². The molecule has 0 aliphatic heterocycles. The molecule has 1 aromatic carbocycles. The maximum Gasteiger partial charge on any atom is 0.240 e. The average Bonchev–Trinajstić information content (AvgIpc) is 2.26. The summed E-state index contributed by atoms with van der Waals surface area (Å²) in [7, 11) is -1.88. The minimum absolute atomic E-state index is 0.0749. The number of halogens is 1. The lowest BCUT2D eigenvalue weighted by atomic mass is 9.83. The molecule has 2 rings (SSSR count). The minimum atomic E-state index is -3.43. The molecule has 0 amide bonds. The van der Waals surface area contributed by atoms with Crippen LogP contribution in [0.2, 0.25) is 0 Å². The van der Waals surface area contributed by atoms with Crippen LogP contribution in [0.5, 0.6) is 5.75 Å². The topological polar surface area (TPSA) is 55.4 Å². The fourth-order valence-electron chi connectivity index (χ4n) is 2.10. The number of nitrogens with one attached hydrogen (secondary N) is 1. The summed E-state index contributed by atoms with van der Waals surface area (Å²) < 4.78 is 32.7. The zero-order valence-electron chi connectivity index (χ0n) is 10.3. The molecule has 4 nitrogen and oxygen atoms in total. The molecule has 0 unspecified atom stereocenters. The lowest BCUT2D eigenvalue weighted by Crippen LogP contribution is -2.43. The van der Waals surface area contributed by atoms with Gasteiger partial charge in [-0.25, -0.2) is 13.1 Å². The standard InChI is InChI=1S/C12H16BrNO3S/c1-8-5-9(6-8)14-18(15,16)10-3-4-12(17-2)11(13)7-10/h3-4,7-9,14H,5-6H2,1-2H3. The molecule has 0 radical (unpaired) electrons. The molecule has 1 fully saturated rings. The molecule has 0 spiro atoms. The van der Waals surface area contributed by atoms with Gasteiger partial charge in [-0.05, 0) is 52.9 Å². The molecule has 100 valence electrons. The Morgan fingerprint density at radius 3 is 2.56 bits per heavy atom. The summed E-state index contributed by atoms with van der Waals surface area (Å²) in [6.07, 6.45) is 1.83. The molecule has 0 aromatic heterocycles. The van der Waals surface area contributed by atoms with Crippen LogP contribution in [0, 0.1) is 5.92 Å². The molecule has 1 aromatic rings. The number of ether oxygens (including phenoxy) is 1. The minimum Gasteiger partial charge on any atom is -0.496 e. The van der Waals surface area contributed by atoms with Crippen molar-refractivity contribution in [1.82, 2.24) is 4.72 Å². The van der Waals surface area contributed by atoms with Crippen LogP contribution < -0.4 is 9.46 Å². The van der Waals surface area contributed by atoms with Crippen molar-refractivity contribution in [3.05, 3.63) is 22.7 Å². The molecule has 0 heterocycles. The Bertz CT molecular complexity index is 538. The summed E-state index contributed by atoms with van der Waals surface area (Å²) in [6, 6.07) is 4.82. The van der Waals surface area contributed by atoms with Gasteiger partial charge >= 0.3 is 0 Å². The van der Waals surface area contributed by atoms with E-state index in [4.69, 9.17) is 4.74 Å². The molecule has 1 N–H and O–H groups in total. The van der Waals surface area contributed by atoms with Crippen molar-refractivity contribution in [2.24, 2.45) is 5.92 Å². The predicted octanol–water partition coefficient (Wildman–Crippen LogP) is 2.53. The zero-order valence-corrected chi connectivity index (χ0v) is 12.7. The SMILES string of the molecule is COc1ccc(S(=O)(=O)NC2CC(C)C2)cc1Br. The van der Waals surface area contributed by atoms with Crippen molar-refractivity contribution >= 4 is 26.0 Å². The first-order valence-electron chi connectivity index (χ1n) is 5.78. The van der Waals surface area contributed by atoms with E-state index < -0.39 is 10.0 Å². The van der Waals surface area contributed by atoms with E-state index in [2.05, 4.69) is 27.6 Å². The lowest BCUT2D eigenvalue weighted by Gasteiger charge is -2.32. The Labute approximate surface area is 116 Å².